The molecule has 0 fully saturated rings. The van der Waals surface area contributed by atoms with Crippen molar-refractivity contribution >= 4 is 12.0 Å². The van der Waals surface area contributed by atoms with Crippen molar-refractivity contribution in [1.82, 2.24) is 5.32 Å². The molecule has 166 valence electrons. The molecule has 0 saturated carbocycles. The first-order valence-electron chi connectivity index (χ1n) is 10.2. The number of allylic oxidation sites excluding steroid dienone is 1. The van der Waals surface area contributed by atoms with E-state index in [-0.39, 0.29) is 5.57 Å². The van der Waals surface area contributed by atoms with Crippen molar-refractivity contribution in [3.8, 4) is 23.3 Å². The van der Waals surface area contributed by atoms with Crippen LogP contribution in [0.4, 0.5) is 0 Å². The van der Waals surface area contributed by atoms with Gasteiger partial charge < -0.3 is 19.5 Å². The fourth-order valence-electron chi connectivity index (χ4n) is 2.98. The minimum atomic E-state index is -0.460. The first-order valence-corrected chi connectivity index (χ1v) is 10.2. The number of rotatable bonds is 12. The van der Waals surface area contributed by atoms with Gasteiger partial charge in [0.25, 0.3) is 5.91 Å². The number of hydrogen-bond acceptors (Lipinski definition) is 5. The molecule has 0 heterocycles. The van der Waals surface area contributed by atoms with E-state index in [4.69, 9.17) is 14.2 Å². The quantitative estimate of drug-likeness (QED) is 0.301. The topological polar surface area (TPSA) is 80.6 Å². The molecule has 0 aliphatic carbocycles. The minimum Gasteiger partial charge on any atom is -0.497 e. The highest BCUT2D eigenvalue weighted by atomic mass is 16.5. The van der Waals surface area contributed by atoms with Crippen LogP contribution in [0.15, 0.2) is 67.3 Å². The van der Waals surface area contributed by atoms with Crippen molar-refractivity contribution in [2.45, 2.75) is 19.9 Å². The molecule has 0 saturated heterocycles. The molecule has 6 nitrogen and oxygen atoms in total. The molecule has 6 heteroatoms. The summed E-state index contributed by atoms with van der Waals surface area (Å²) in [6.07, 6.45) is 5.49. The Morgan fingerprint density at radius 2 is 1.91 bits per heavy atom. The standard InChI is InChI=1S/C26H28N2O4/c1-5-8-21-14-20(16-24(31-7-3)25(21)32-13-6-2)15-22(17-27)26(29)28-18-19-9-11-23(30-4)12-10-19/h5-6,9-12,14-16H,1-2,7-8,13,18H2,3-4H3,(H,28,29)/b22-15-. The zero-order chi connectivity index (χ0) is 23.3. The average molecular weight is 433 g/mol. The number of carbonyl (C=O) groups excluding carboxylic acids is 1. The second-order valence-electron chi connectivity index (χ2n) is 6.73. The molecule has 0 spiro atoms. The van der Waals surface area contributed by atoms with Gasteiger partial charge in [-0.2, -0.15) is 5.26 Å². The van der Waals surface area contributed by atoms with Crippen molar-refractivity contribution in [3.05, 3.63) is 84.0 Å². The van der Waals surface area contributed by atoms with Crippen molar-refractivity contribution in [1.29, 1.82) is 5.26 Å². The maximum Gasteiger partial charge on any atom is 0.262 e. The van der Waals surface area contributed by atoms with Crippen LogP contribution in [-0.2, 0) is 17.8 Å². The van der Waals surface area contributed by atoms with Crippen molar-refractivity contribution in [2.24, 2.45) is 0 Å². The first-order chi connectivity index (χ1) is 15.6. The Hall–Kier alpha value is -3.98. The first kappa shape index (κ1) is 24.3. The number of benzene rings is 2. The molecule has 1 N–H and O–H groups in total. The van der Waals surface area contributed by atoms with Crippen molar-refractivity contribution in [3.63, 3.8) is 0 Å². The lowest BCUT2D eigenvalue weighted by atomic mass is 10.0. The molecule has 0 atom stereocenters. The predicted octanol–water partition coefficient (Wildman–Crippen LogP) is 4.61. The monoisotopic (exact) mass is 432 g/mol. The third-order valence-electron chi connectivity index (χ3n) is 4.45. The Balaban J connectivity index is 2.28. The van der Waals surface area contributed by atoms with E-state index in [0.29, 0.717) is 43.2 Å². The molecule has 2 rings (SSSR count). The van der Waals surface area contributed by atoms with Crippen molar-refractivity contribution in [2.75, 3.05) is 20.3 Å². The summed E-state index contributed by atoms with van der Waals surface area (Å²) in [5, 5.41) is 12.3. The summed E-state index contributed by atoms with van der Waals surface area (Å²) in [6.45, 7) is 10.4. The number of carbonyl (C=O) groups is 1. The van der Waals surface area contributed by atoms with E-state index < -0.39 is 5.91 Å². The summed E-state index contributed by atoms with van der Waals surface area (Å²) in [5.41, 5.74) is 2.39. The second kappa shape index (κ2) is 12.7. The third-order valence-corrected chi connectivity index (χ3v) is 4.45. The molecule has 0 unspecified atom stereocenters. The molecule has 1 amide bonds. The van der Waals surface area contributed by atoms with Crippen molar-refractivity contribution < 1.29 is 19.0 Å². The van der Waals surface area contributed by atoms with E-state index in [1.165, 1.54) is 6.08 Å². The largest absolute Gasteiger partial charge is 0.497 e. The summed E-state index contributed by atoms with van der Waals surface area (Å²) in [5.74, 6) is 1.42. The number of ether oxygens (including phenoxy) is 3. The Bertz CT molecular complexity index is 1020. The number of nitrogens with zero attached hydrogens (tertiary/aromatic N) is 1. The molecule has 0 aliphatic heterocycles. The smallest absolute Gasteiger partial charge is 0.262 e. The number of methoxy groups -OCH3 is 1. The summed E-state index contributed by atoms with van der Waals surface area (Å²) >= 11 is 0. The van der Waals surface area contributed by atoms with Gasteiger partial charge in [-0.1, -0.05) is 30.9 Å². The Labute approximate surface area is 189 Å². The molecule has 2 aromatic rings. The van der Waals surface area contributed by atoms with Gasteiger partial charge in [0.2, 0.25) is 0 Å². The van der Waals surface area contributed by atoms with Gasteiger partial charge in [0.15, 0.2) is 11.5 Å². The normalized spacial score (nSPS) is 10.6. The van der Waals surface area contributed by atoms with Gasteiger partial charge in [0.1, 0.15) is 24.0 Å². The third kappa shape index (κ3) is 6.78. The van der Waals surface area contributed by atoms with Crippen LogP contribution < -0.4 is 19.5 Å². The fraction of sp³-hybridized carbons (Fsp3) is 0.231. The van der Waals surface area contributed by atoms with Gasteiger partial charge in [-0.25, -0.2) is 0 Å². The summed E-state index contributed by atoms with van der Waals surface area (Å²) in [4.78, 5) is 12.6. The summed E-state index contributed by atoms with van der Waals surface area (Å²) < 4.78 is 16.7. The van der Waals surface area contributed by atoms with Gasteiger partial charge >= 0.3 is 0 Å². The average Bonchev–Trinajstić information content (AvgIpc) is 2.81. The van der Waals surface area contributed by atoms with Crippen LogP contribution in [0, 0.1) is 11.3 Å². The number of hydrogen-bond donors (Lipinski definition) is 1. The minimum absolute atomic E-state index is 0.00901. The van der Waals surface area contributed by atoms with Crippen LogP contribution in [0.5, 0.6) is 17.2 Å². The van der Waals surface area contributed by atoms with Crippen LogP contribution in [0.3, 0.4) is 0 Å². The molecule has 0 bridgehead atoms. The van der Waals surface area contributed by atoms with E-state index in [0.717, 1.165) is 16.9 Å². The molecule has 0 aromatic heterocycles. The maximum atomic E-state index is 12.6. The second-order valence-corrected chi connectivity index (χ2v) is 6.73. The SMILES string of the molecule is C=CCOc1c(CC=C)cc(/C=C(/C#N)C(=O)NCc2ccc(OC)cc2)cc1OCC. The van der Waals surface area contributed by atoms with Gasteiger partial charge in [-0.05, 0) is 54.8 Å². The van der Waals surface area contributed by atoms with E-state index >= 15 is 0 Å². The highest BCUT2D eigenvalue weighted by Gasteiger charge is 2.15. The molecule has 0 radical (unpaired) electrons. The number of nitrogens with one attached hydrogen (secondary N) is 1. The maximum absolute atomic E-state index is 12.6. The van der Waals surface area contributed by atoms with Crippen LogP contribution in [0.1, 0.15) is 23.6 Å². The fourth-order valence-corrected chi connectivity index (χ4v) is 2.98. The zero-order valence-corrected chi connectivity index (χ0v) is 18.5. The Kier molecular flexibility index (Phi) is 9.61. The lowest BCUT2D eigenvalue weighted by molar-refractivity contribution is -0.117. The molecular formula is C26H28N2O4. The highest BCUT2D eigenvalue weighted by molar-refractivity contribution is 6.01. The van der Waals surface area contributed by atoms with Crippen LogP contribution in [0.2, 0.25) is 0 Å². The van der Waals surface area contributed by atoms with E-state index in [9.17, 15) is 10.1 Å². The lowest BCUT2D eigenvalue weighted by Crippen LogP contribution is -2.23. The number of nitriles is 1. The van der Waals surface area contributed by atoms with Crippen LogP contribution >= 0.6 is 0 Å². The Morgan fingerprint density at radius 3 is 2.50 bits per heavy atom. The van der Waals surface area contributed by atoms with Gasteiger partial charge in [-0.15, -0.1) is 6.58 Å². The summed E-state index contributed by atoms with van der Waals surface area (Å²) in [6, 6.07) is 12.9. The number of amides is 1. The summed E-state index contributed by atoms with van der Waals surface area (Å²) in [7, 11) is 1.59. The van der Waals surface area contributed by atoms with Gasteiger partial charge in [0, 0.05) is 12.1 Å². The molecule has 0 aliphatic rings. The van der Waals surface area contributed by atoms with Gasteiger partial charge in [0.05, 0.1) is 13.7 Å². The predicted molar refractivity (Wildman–Crippen MR) is 126 cm³/mol. The van der Waals surface area contributed by atoms with E-state index in [1.54, 1.807) is 25.3 Å². The highest BCUT2D eigenvalue weighted by Crippen LogP contribution is 2.34. The van der Waals surface area contributed by atoms with E-state index in [2.05, 4.69) is 18.5 Å². The Morgan fingerprint density at radius 1 is 1.16 bits per heavy atom. The zero-order valence-electron chi connectivity index (χ0n) is 18.5. The molecule has 32 heavy (non-hydrogen) atoms. The molecular weight excluding hydrogens is 404 g/mol. The van der Waals surface area contributed by atoms with Crippen LogP contribution in [0.25, 0.3) is 6.08 Å². The van der Waals surface area contributed by atoms with E-state index in [1.807, 2.05) is 43.3 Å². The molecule has 2 aromatic carbocycles. The lowest BCUT2D eigenvalue weighted by Gasteiger charge is -2.16. The van der Waals surface area contributed by atoms with Crippen LogP contribution in [-0.4, -0.2) is 26.2 Å². The van der Waals surface area contributed by atoms with Gasteiger partial charge in [-0.3, -0.25) is 4.79 Å².